The van der Waals surface area contributed by atoms with Gasteiger partial charge in [-0.1, -0.05) is 48.5 Å². The number of methoxy groups -OCH3 is 1. The van der Waals surface area contributed by atoms with Gasteiger partial charge < -0.3 is 19.4 Å². The number of carbonyl (C=O) groups excluding carboxylic acids is 1. The molecule has 0 unspecified atom stereocenters. The number of piperazine rings is 1. The number of para-hydroxylation sites is 2. The van der Waals surface area contributed by atoms with Gasteiger partial charge >= 0.3 is 0 Å². The number of ether oxygens (including phenoxy) is 1. The molecule has 0 spiro atoms. The van der Waals surface area contributed by atoms with E-state index in [1.54, 1.807) is 16.9 Å². The van der Waals surface area contributed by atoms with Crippen LogP contribution in [0.25, 0.3) is 6.08 Å². The minimum atomic E-state index is 0.0437. The van der Waals surface area contributed by atoms with Crippen LogP contribution in [0.2, 0.25) is 0 Å². The zero-order valence-corrected chi connectivity index (χ0v) is 18.2. The molecule has 1 amide bonds. The van der Waals surface area contributed by atoms with Crippen LogP contribution in [0.3, 0.4) is 0 Å². The normalized spacial score (nSPS) is 18.5. The monoisotopic (exact) mass is 420 g/mol. The van der Waals surface area contributed by atoms with E-state index >= 15 is 0 Å². The Labute approximate surface area is 184 Å². The van der Waals surface area contributed by atoms with Gasteiger partial charge in [0.2, 0.25) is 0 Å². The molecule has 0 saturated carbocycles. The molecule has 1 aliphatic rings. The van der Waals surface area contributed by atoms with Crippen molar-refractivity contribution in [2.24, 2.45) is 0 Å². The maximum atomic E-state index is 13.1. The van der Waals surface area contributed by atoms with Crippen LogP contribution < -0.4 is 19.4 Å². The first-order chi connectivity index (χ1) is 15.2. The number of anilines is 1. The number of nitrogens with zero attached hydrogens (tertiary/aromatic N) is 2. The van der Waals surface area contributed by atoms with Crippen molar-refractivity contribution in [2.45, 2.75) is 6.42 Å². The summed E-state index contributed by atoms with van der Waals surface area (Å²) in [5.41, 5.74) is 1.96. The molecule has 1 aliphatic heterocycles. The molecule has 1 saturated heterocycles. The number of carbonyl (C=O) groups is 1. The fraction of sp³-hybridized carbons (Fsp3) is 0.360. The molecule has 2 N–H and O–H groups in total. The molecule has 1 heterocycles. The van der Waals surface area contributed by atoms with Gasteiger partial charge in [-0.2, -0.15) is 5.26 Å². The van der Waals surface area contributed by atoms with Gasteiger partial charge in [-0.3, -0.25) is 4.79 Å². The minimum Gasteiger partial charge on any atom is -0.495 e. The highest BCUT2D eigenvalue weighted by molar-refractivity contribution is 5.95. The van der Waals surface area contributed by atoms with Crippen molar-refractivity contribution in [3.8, 4) is 11.8 Å². The molecule has 31 heavy (non-hydrogen) atoms. The zero-order valence-electron chi connectivity index (χ0n) is 18.2. The summed E-state index contributed by atoms with van der Waals surface area (Å²) >= 11 is 0. The average Bonchev–Trinajstić information content (AvgIpc) is 2.81. The Morgan fingerprint density at radius 2 is 1.74 bits per heavy atom. The van der Waals surface area contributed by atoms with E-state index < -0.39 is 0 Å². The van der Waals surface area contributed by atoms with Crippen LogP contribution in [0.1, 0.15) is 12.0 Å². The van der Waals surface area contributed by atoms with Crippen molar-refractivity contribution in [1.82, 2.24) is 0 Å². The van der Waals surface area contributed by atoms with Crippen molar-refractivity contribution in [2.75, 3.05) is 57.8 Å². The molecule has 0 aliphatic carbocycles. The fourth-order valence-electron chi connectivity index (χ4n) is 3.97. The molecule has 2 aromatic rings. The molecule has 2 aromatic carbocycles. The molecule has 1 fully saturated rings. The van der Waals surface area contributed by atoms with Crippen LogP contribution in [0.15, 0.2) is 60.7 Å². The third-order valence-electron chi connectivity index (χ3n) is 5.71. The quantitative estimate of drug-likeness (QED) is 0.619. The second-order valence-corrected chi connectivity index (χ2v) is 7.82. The third kappa shape index (κ3) is 6.68. The van der Waals surface area contributed by atoms with Crippen molar-refractivity contribution >= 4 is 17.7 Å². The third-order valence-corrected chi connectivity index (χ3v) is 5.71. The van der Waals surface area contributed by atoms with E-state index in [0.717, 1.165) is 38.4 Å². The predicted molar refractivity (Wildman–Crippen MR) is 122 cm³/mol. The summed E-state index contributed by atoms with van der Waals surface area (Å²) in [6.45, 7) is 5.87. The van der Waals surface area contributed by atoms with Gasteiger partial charge in [0.15, 0.2) is 6.54 Å². The Morgan fingerprint density at radius 1 is 1.06 bits per heavy atom. The van der Waals surface area contributed by atoms with Crippen molar-refractivity contribution in [1.29, 1.82) is 5.26 Å². The Balaban J connectivity index is 1.52. The Bertz CT molecular complexity index is 899. The molecule has 0 aromatic heterocycles. The van der Waals surface area contributed by atoms with E-state index in [-0.39, 0.29) is 5.91 Å². The van der Waals surface area contributed by atoms with Crippen molar-refractivity contribution < 1.29 is 19.3 Å². The van der Waals surface area contributed by atoms with Crippen LogP contribution in [-0.2, 0) is 4.79 Å². The van der Waals surface area contributed by atoms with Crippen molar-refractivity contribution in [3.05, 3.63) is 66.2 Å². The van der Waals surface area contributed by atoms with E-state index in [4.69, 9.17) is 10.00 Å². The summed E-state index contributed by atoms with van der Waals surface area (Å²) in [5.74, 6) is 0.699. The smallest absolute Gasteiger partial charge is 0.282 e. The lowest BCUT2D eigenvalue weighted by Crippen LogP contribution is -3.28. The number of hydrogen-bond donors (Lipinski definition) is 2. The molecule has 6 nitrogen and oxygen atoms in total. The first-order valence-corrected chi connectivity index (χ1v) is 10.9. The summed E-state index contributed by atoms with van der Waals surface area (Å²) in [4.78, 5) is 17.7. The van der Waals surface area contributed by atoms with Crippen LogP contribution >= 0.6 is 0 Å². The fourth-order valence-corrected chi connectivity index (χ4v) is 3.97. The summed E-state index contributed by atoms with van der Waals surface area (Å²) < 4.78 is 5.44. The van der Waals surface area contributed by atoms with E-state index in [9.17, 15) is 4.79 Å². The minimum absolute atomic E-state index is 0.0437. The molecular weight excluding hydrogens is 388 g/mol. The van der Waals surface area contributed by atoms with Crippen molar-refractivity contribution in [3.63, 3.8) is 0 Å². The van der Waals surface area contributed by atoms with Crippen LogP contribution in [0.5, 0.6) is 5.75 Å². The zero-order chi connectivity index (χ0) is 21.9. The van der Waals surface area contributed by atoms with E-state index in [1.807, 2.05) is 30.3 Å². The van der Waals surface area contributed by atoms with Gasteiger partial charge in [0.1, 0.15) is 31.9 Å². The highest BCUT2D eigenvalue weighted by Crippen LogP contribution is 2.27. The lowest BCUT2D eigenvalue weighted by molar-refractivity contribution is -1.01. The number of nitriles is 1. The van der Waals surface area contributed by atoms with Gasteiger partial charge in [-0.15, -0.1) is 0 Å². The molecule has 0 bridgehead atoms. The van der Waals surface area contributed by atoms with E-state index in [1.165, 1.54) is 10.5 Å². The van der Waals surface area contributed by atoms with Gasteiger partial charge in [0.25, 0.3) is 5.91 Å². The maximum absolute atomic E-state index is 13.1. The SMILES string of the molecule is COc1ccccc1N(CCC#N)C(=O)C[NH+]1CC[NH+](C/C=C/c2ccccc2)CC1. The number of quaternary nitrogens is 2. The first-order valence-electron chi connectivity index (χ1n) is 10.9. The number of nitrogens with one attached hydrogen (secondary N) is 2. The van der Waals surface area contributed by atoms with Crippen LogP contribution in [-0.4, -0.2) is 58.8 Å². The number of amides is 1. The second-order valence-electron chi connectivity index (χ2n) is 7.82. The average molecular weight is 421 g/mol. The number of hydrogen-bond acceptors (Lipinski definition) is 3. The number of benzene rings is 2. The van der Waals surface area contributed by atoms with Gasteiger partial charge in [-0.05, 0) is 23.8 Å². The highest BCUT2D eigenvalue weighted by Gasteiger charge is 2.27. The lowest BCUT2D eigenvalue weighted by atomic mass is 10.2. The van der Waals surface area contributed by atoms with E-state index in [0.29, 0.717) is 25.3 Å². The number of rotatable bonds is 9. The molecule has 6 heteroatoms. The lowest BCUT2D eigenvalue weighted by Gasteiger charge is -2.30. The van der Waals surface area contributed by atoms with Gasteiger partial charge in [0, 0.05) is 6.54 Å². The predicted octanol–water partition coefficient (Wildman–Crippen LogP) is 0.439. The summed E-state index contributed by atoms with van der Waals surface area (Å²) in [6, 6.07) is 20.0. The molecule has 0 radical (unpaired) electrons. The molecule has 0 atom stereocenters. The molecular formula is C25H32N4O2+2. The van der Waals surface area contributed by atoms with E-state index in [2.05, 4.69) is 42.5 Å². The summed E-state index contributed by atoms with van der Waals surface area (Å²) in [5, 5.41) is 9.03. The van der Waals surface area contributed by atoms with Gasteiger partial charge in [-0.25, -0.2) is 0 Å². The molecule has 3 rings (SSSR count). The second kappa shape index (κ2) is 11.9. The molecule has 162 valence electrons. The topological polar surface area (TPSA) is 62.2 Å². The summed E-state index contributed by atoms with van der Waals surface area (Å²) in [7, 11) is 1.60. The first kappa shape index (κ1) is 22.5. The van der Waals surface area contributed by atoms with Crippen LogP contribution in [0, 0.1) is 11.3 Å². The largest absolute Gasteiger partial charge is 0.495 e. The Hall–Kier alpha value is -3.14. The van der Waals surface area contributed by atoms with Crippen LogP contribution in [0.4, 0.5) is 5.69 Å². The highest BCUT2D eigenvalue weighted by atomic mass is 16.5. The van der Waals surface area contributed by atoms with Gasteiger partial charge in [0.05, 0.1) is 31.8 Å². The Kier molecular flexibility index (Phi) is 8.65. The maximum Gasteiger partial charge on any atom is 0.282 e. The Morgan fingerprint density at radius 3 is 2.45 bits per heavy atom. The standard InChI is InChI=1S/C25H30N4O2/c1-31-24-13-6-5-12-23(24)29(16-8-14-26)25(30)21-28-19-17-27(18-20-28)15-7-11-22-9-3-2-4-10-22/h2-7,9-13H,8,15-21H2,1H3/p+2/b11-7+. The summed E-state index contributed by atoms with van der Waals surface area (Å²) in [6.07, 6.45) is 4.72.